The Balaban J connectivity index is 0.987. The summed E-state index contributed by atoms with van der Waals surface area (Å²) in [5, 5.41) is 7.76. The average molecular weight is 783 g/mol. The first-order valence-corrected chi connectivity index (χ1v) is 21.7. The first-order valence-electron chi connectivity index (χ1n) is 20.8. The molecule has 1 aliphatic rings. The van der Waals surface area contributed by atoms with Crippen LogP contribution in [0.25, 0.3) is 91.6 Å². The molecule has 1 aliphatic carbocycles. The van der Waals surface area contributed by atoms with E-state index in [1.807, 2.05) is 11.3 Å². The van der Waals surface area contributed by atoms with Crippen LogP contribution in [0.1, 0.15) is 25.0 Å². The Morgan fingerprint density at radius 2 is 1.02 bits per heavy atom. The fourth-order valence-electron chi connectivity index (χ4n) is 10.6. The maximum absolute atomic E-state index is 2.47. The van der Waals surface area contributed by atoms with E-state index in [4.69, 9.17) is 0 Å². The van der Waals surface area contributed by atoms with Crippen LogP contribution in [0, 0.1) is 0 Å². The molecule has 3 heteroatoms. The Morgan fingerprint density at radius 3 is 1.87 bits per heavy atom. The fourth-order valence-corrected chi connectivity index (χ4v) is 11.7. The van der Waals surface area contributed by atoms with Gasteiger partial charge in [0, 0.05) is 58.5 Å². The van der Waals surface area contributed by atoms with E-state index in [0.29, 0.717) is 0 Å². The van der Waals surface area contributed by atoms with Gasteiger partial charge in [0.2, 0.25) is 0 Å². The fraction of sp³-hybridized carbons (Fsp3) is 0.0526. The molecule has 0 N–H and O–H groups in total. The van der Waals surface area contributed by atoms with E-state index in [1.165, 1.54) is 103 Å². The van der Waals surface area contributed by atoms with Gasteiger partial charge in [0.1, 0.15) is 0 Å². The standard InChI is InChI=1S/C57H38N2S/c1-57(2)47-18-6-3-12-41(47)46-34-37(28-33-48(46)57)35-24-29-38(30-25-35)58(39-31-26-36(27-32-39)40-15-10-23-53-54(40)44-14-5-8-22-52(44)60-53)50-20-11-21-51-55(50)45-17-9-16-43-42-13-4-7-19-49(42)59(51)56(43)45/h3-34H,1-2H3. The number of para-hydroxylation sites is 2. The number of rotatable bonds is 5. The highest BCUT2D eigenvalue weighted by Gasteiger charge is 2.35. The zero-order chi connectivity index (χ0) is 39.7. The number of thiophene rings is 1. The molecule has 0 bridgehead atoms. The molecule has 60 heavy (non-hydrogen) atoms. The van der Waals surface area contributed by atoms with Crippen LogP contribution in [-0.4, -0.2) is 4.40 Å². The molecule has 0 radical (unpaired) electrons. The molecule has 0 saturated heterocycles. The van der Waals surface area contributed by atoms with Crippen LogP contribution in [0.5, 0.6) is 0 Å². The van der Waals surface area contributed by atoms with Gasteiger partial charge in [-0.2, -0.15) is 0 Å². The third-order valence-corrected chi connectivity index (χ3v) is 14.5. The normalized spacial score (nSPS) is 13.3. The lowest BCUT2D eigenvalue weighted by Gasteiger charge is -2.27. The van der Waals surface area contributed by atoms with Crippen LogP contribution in [0.2, 0.25) is 0 Å². The highest BCUT2D eigenvalue weighted by Crippen LogP contribution is 2.51. The van der Waals surface area contributed by atoms with Gasteiger partial charge in [0.15, 0.2) is 0 Å². The molecule has 3 heterocycles. The molecule has 0 unspecified atom stereocenters. The Bertz CT molecular complexity index is 3680. The number of fused-ring (bicyclic) bond motifs is 12. The number of hydrogen-bond acceptors (Lipinski definition) is 2. The van der Waals surface area contributed by atoms with Crippen molar-refractivity contribution in [2.24, 2.45) is 0 Å². The molecule has 13 rings (SSSR count). The van der Waals surface area contributed by atoms with Crippen LogP contribution in [0.4, 0.5) is 17.1 Å². The van der Waals surface area contributed by atoms with Crippen LogP contribution < -0.4 is 4.90 Å². The number of nitrogens with zero attached hydrogens (tertiary/aromatic N) is 2. The van der Waals surface area contributed by atoms with E-state index in [-0.39, 0.29) is 5.41 Å². The molecule has 0 atom stereocenters. The number of benzene rings is 9. The van der Waals surface area contributed by atoms with Crippen molar-refractivity contribution < 1.29 is 0 Å². The van der Waals surface area contributed by atoms with Gasteiger partial charge >= 0.3 is 0 Å². The van der Waals surface area contributed by atoms with Gasteiger partial charge in [-0.05, 0) is 105 Å². The predicted molar refractivity (Wildman–Crippen MR) is 257 cm³/mol. The van der Waals surface area contributed by atoms with Gasteiger partial charge in [-0.15, -0.1) is 11.3 Å². The third-order valence-electron chi connectivity index (χ3n) is 13.3. The van der Waals surface area contributed by atoms with Crippen molar-refractivity contribution in [1.82, 2.24) is 4.40 Å². The zero-order valence-electron chi connectivity index (χ0n) is 33.3. The van der Waals surface area contributed by atoms with Crippen molar-refractivity contribution in [3.63, 3.8) is 0 Å². The summed E-state index contributed by atoms with van der Waals surface area (Å²) in [5.41, 5.74) is 17.5. The van der Waals surface area contributed by atoms with Gasteiger partial charge in [0.25, 0.3) is 0 Å². The highest BCUT2D eigenvalue weighted by atomic mass is 32.1. The van der Waals surface area contributed by atoms with Crippen molar-refractivity contribution in [1.29, 1.82) is 0 Å². The first-order chi connectivity index (χ1) is 29.5. The van der Waals surface area contributed by atoms with E-state index in [0.717, 1.165) is 17.1 Å². The second-order valence-electron chi connectivity index (χ2n) is 16.9. The Kier molecular flexibility index (Phi) is 6.98. The number of anilines is 3. The van der Waals surface area contributed by atoms with E-state index < -0.39 is 0 Å². The minimum absolute atomic E-state index is 0.0121. The van der Waals surface area contributed by atoms with Gasteiger partial charge in [-0.25, -0.2) is 0 Å². The molecule has 0 saturated carbocycles. The van der Waals surface area contributed by atoms with Crippen LogP contribution in [0.15, 0.2) is 194 Å². The van der Waals surface area contributed by atoms with Gasteiger partial charge in [-0.3, -0.25) is 0 Å². The Hall–Kier alpha value is -7.20. The average Bonchev–Trinajstić information content (AvgIpc) is 4.02. The second-order valence-corrected chi connectivity index (χ2v) is 17.9. The predicted octanol–water partition coefficient (Wildman–Crippen LogP) is 16.3. The maximum atomic E-state index is 2.47. The van der Waals surface area contributed by atoms with Crippen LogP contribution in [-0.2, 0) is 5.41 Å². The monoisotopic (exact) mass is 782 g/mol. The lowest BCUT2D eigenvalue weighted by atomic mass is 9.82. The van der Waals surface area contributed by atoms with Crippen molar-refractivity contribution in [3.05, 3.63) is 205 Å². The van der Waals surface area contributed by atoms with Gasteiger partial charge in [-0.1, -0.05) is 147 Å². The van der Waals surface area contributed by atoms with Gasteiger partial charge < -0.3 is 9.30 Å². The summed E-state index contributed by atoms with van der Waals surface area (Å²) in [4.78, 5) is 2.46. The molecule has 2 nitrogen and oxygen atoms in total. The largest absolute Gasteiger partial charge is 0.310 e. The van der Waals surface area contributed by atoms with E-state index in [1.54, 1.807) is 0 Å². The smallest absolute Gasteiger partial charge is 0.0621 e. The van der Waals surface area contributed by atoms with Crippen molar-refractivity contribution in [2.45, 2.75) is 19.3 Å². The minimum Gasteiger partial charge on any atom is -0.310 e. The zero-order valence-corrected chi connectivity index (χ0v) is 34.1. The summed E-state index contributed by atoms with van der Waals surface area (Å²) < 4.78 is 5.12. The van der Waals surface area contributed by atoms with E-state index >= 15 is 0 Å². The molecule has 0 fully saturated rings. The molecular weight excluding hydrogens is 745 g/mol. The molecule has 0 amide bonds. The minimum atomic E-state index is -0.0121. The van der Waals surface area contributed by atoms with Crippen molar-refractivity contribution >= 4 is 86.7 Å². The maximum Gasteiger partial charge on any atom is 0.0621 e. The Labute approximate surface area is 352 Å². The molecule has 0 aliphatic heterocycles. The molecule has 3 aromatic heterocycles. The van der Waals surface area contributed by atoms with Crippen LogP contribution in [0.3, 0.4) is 0 Å². The topological polar surface area (TPSA) is 7.65 Å². The summed E-state index contributed by atoms with van der Waals surface area (Å²) in [6.45, 7) is 4.69. The van der Waals surface area contributed by atoms with Crippen molar-refractivity contribution in [2.75, 3.05) is 4.90 Å². The van der Waals surface area contributed by atoms with Crippen LogP contribution >= 0.6 is 11.3 Å². The summed E-state index contributed by atoms with van der Waals surface area (Å²) in [6.07, 6.45) is 0. The van der Waals surface area contributed by atoms with Gasteiger partial charge in [0.05, 0.1) is 22.2 Å². The summed E-state index contributed by atoms with van der Waals surface area (Å²) >= 11 is 1.87. The molecule has 282 valence electrons. The number of hydrogen-bond donors (Lipinski definition) is 0. The van der Waals surface area contributed by atoms with E-state index in [2.05, 4.69) is 217 Å². The summed E-state index contributed by atoms with van der Waals surface area (Å²) in [5.74, 6) is 0. The van der Waals surface area contributed by atoms with Crippen molar-refractivity contribution in [3.8, 4) is 33.4 Å². The molecule has 9 aromatic carbocycles. The lowest BCUT2D eigenvalue weighted by Crippen LogP contribution is -2.14. The summed E-state index contributed by atoms with van der Waals surface area (Å²) in [7, 11) is 0. The summed E-state index contributed by atoms with van der Waals surface area (Å²) in [6, 6.07) is 72.3. The van der Waals surface area contributed by atoms with E-state index in [9.17, 15) is 0 Å². The SMILES string of the molecule is CC1(C)c2ccccc2-c2cc(-c3ccc(N(c4ccc(-c5cccc6sc7ccccc7c56)cc4)c4cccc5c4c4cccc6c7ccccc7n5c64)cc3)ccc21. The quantitative estimate of drug-likeness (QED) is 0.169. The lowest BCUT2D eigenvalue weighted by molar-refractivity contribution is 0.660. The first kappa shape index (κ1) is 33.7. The molecule has 0 spiro atoms. The Morgan fingerprint density at radius 1 is 0.417 bits per heavy atom. The molecule has 12 aromatic rings. The third kappa shape index (κ3) is 4.64. The molecular formula is C57H38N2S. The highest BCUT2D eigenvalue weighted by molar-refractivity contribution is 7.25. The second kappa shape index (κ2) is 12.4. The number of aromatic nitrogens is 1.